The highest BCUT2D eigenvalue weighted by Gasteiger charge is 2.32. The predicted molar refractivity (Wildman–Crippen MR) is 88.6 cm³/mol. The lowest BCUT2D eigenvalue weighted by Crippen LogP contribution is -2.40. The van der Waals surface area contributed by atoms with E-state index in [4.69, 9.17) is 4.74 Å². The van der Waals surface area contributed by atoms with Crippen molar-refractivity contribution in [3.63, 3.8) is 0 Å². The predicted octanol–water partition coefficient (Wildman–Crippen LogP) is 2.02. The van der Waals surface area contributed by atoms with Gasteiger partial charge in [-0.25, -0.2) is 17.5 Å². The summed E-state index contributed by atoms with van der Waals surface area (Å²) in [5, 5.41) is 4.12. The van der Waals surface area contributed by atoms with E-state index in [0.29, 0.717) is 11.4 Å². The van der Waals surface area contributed by atoms with Crippen LogP contribution in [-0.4, -0.2) is 31.9 Å². The molecule has 1 aromatic heterocycles. The van der Waals surface area contributed by atoms with Crippen LogP contribution in [0, 0.1) is 19.7 Å². The third-order valence-electron chi connectivity index (χ3n) is 4.21. The molecule has 0 aliphatic carbocycles. The van der Waals surface area contributed by atoms with Crippen LogP contribution in [0.2, 0.25) is 0 Å². The van der Waals surface area contributed by atoms with Gasteiger partial charge in [-0.2, -0.15) is 5.10 Å². The van der Waals surface area contributed by atoms with Crippen molar-refractivity contribution in [3.05, 3.63) is 47.0 Å². The minimum absolute atomic E-state index is 0.111. The van der Waals surface area contributed by atoms with E-state index in [1.165, 1.54) is 17.9 Å². The Morgan fingerprint density at radius 2 is 1.96 bits per heavy atom. The van der Waals surface area contributed by atoms with Gasteiger partial charge in [0.2, 0.25) is 10.0 Å². The fourth-order valence-electron chi connectivity index (χ4n) is 2.62. The Bertz CT molecular complexity index is 848. The zero-order valence-electron chi connectivity index (χ0n) is 14.4. The second-order valence-corrected chi connectivity index (χ2v) is 7.57. The van der Waals surface area contributed by atoms with Gasteiger partial charge in [-0.3, -0.25) is 4.68 Å². The zero-order chi connectivity index (χ0) is 18.1. The van der Waals surface area contributed by atoms with Gasteiger partial charge in [-0.05, 0) is 26.8 Å². The Kier molecular flexibility index (Phi) is 5.12. The van der Waals surface area contributed by atoms with Gasteiger partial charge in [0.25, 0.3) is 0 Å². The van der Waals surface area contributed by atoms with Gasteiger partial charge < -0.3 is 4.74 Å². The maximum Gasteiger partial charge on any atom is 0.244 e. The molecule has 1 N–H and O–H groups in total. The number of aromatic nitrogens is 2. The molecular weight excluding hydrogens is 333 g/mol. The van der Waals surface area contributed by atoms with Crippen LogP contribution in [0.5, 0.6) is 0 Å². The summed E-state index contributed by atoms with van der Waals surface area (Å²) in [6.07, 6.45) is 0. The van der Waals surface area contributed by atoms with E-state index in [1.54, 1.807) is 46.0 Å². The van der Waals surface area contributed by atoms with Crippen LogP contribution in [0.4, 0.5) is 4.39 Å². The minimum Gasteiger partial charge on any atom is -0.372 e. The fourth-order valence-corrected chi connectivity index (χ4v) is 4.18. The van der Waals surface area contributed by atoms with E-state index in [9.17, 15) is 12.8 Å². The number of ether oxygens (including phenoxy) is 1. The minimum atomic E-state index is -3.80. The monoisotopic (exact) mass is 355 g/mol. The third-order valence-corrected chi connectivity index (χ3v) is 5.86. The molecule has 1 atom stereocenters. The van der Waals surface area contributed by atoms with E-state index < -0.39 is 21.4 Å². The quantitative estimate of drug-likeness (QED) is 0.860. The van der Waals surface area contributed by atoms with Crippen molar-refractivity contribution in [3.8, 4) is 0 Å². The van der Waals surface area contributed by atoms with Crippen molar-refractivity contribution < 1.29 is 17.5 Å². The van der Waals surface area contributed by atoms with Gasteiger partial charge in [0, 0.05) is 26.3 Å². The second kappa shape index (κ2) is 6.62. The summed E-state index contributed by atoms with van der Waals surface area (Å²) < 4.78 is 48.8. The van der Waals surface area contributed by atoms with Gasteiger partial charge in [0.05, 0.1) is 11.4 Å². The first-order chi connectivity index (χ1) is 11.1. The standard InChI is InChI=1S/C16H22FN3O3S/c1-11-15(12(2)20(4)19-11)24(21,22)18-10-16(3,23-5)13-8-6-7-9-14(13)17/h6-9,18H,10H2,1-5H3/t16-/m0/s1. The molecule has 0 aliphatic rings. The van der Waals surface area contributed by atoms with Crippen LogP contribution < -0.4 is 4.72 Å². The van der Waals surface area contributed by atoms with Crippen LogP contribution in [-0.2, 0) is 27.4 Å². The number of sulfonamides is 1. The molecule has 0 saturated carbocycles. The van der Waals surface area contributed by atoms with Crippen molar-refractivity contribution in [2.75, 3.05) is 13.7 Å². The average Bonchev–Trinajstić information content (AvgIpc) is 2.79. The molecular formula is C16H22FN3O3S. The van der Waals surface area contributed by atoms with Crippen molar-refractivity contribution in [1.29, 1.82) is 0 Å². The average molecular weight is 355 g/mol. The Morgan fingerprint density at radius 3 is 2.46 bits per heavy atom. The number of nitrogens with one attached hydrogen (secondary N) is 1. The normalized spacial score (nSPS) is 14.6. The lowest BCUT2D eigenvalue weighted by molar-refractivity contribution is 0.00410. The van der Waals surface area contributed by atoms with Gasteiger partial charge in [-0.15, -0.1) is 0 Å². The summed E-state index contributed by atoms with van der Waals surface area (Å²) in [7, 11) is -0.702. The highest BCUT2D eigenvalue weighted by molar-refractivity contribution is 7.89. The Balaban J connectivity index is 2.32. The number of halogens is 1. The molecule has 0 fully saturated rings. The molecule has 8 heteroatoms. The molecule has 0 amide bonds. The van der Waals surface area contributed by atoms with Crippen LogP contribution in [0.15, 0.2) is 29.2 Å². The number of hydrogen-bond donors (Lipinski definition) is 1. The van der Waals surface area contributed by atoms with E-state index in [0.717, 1.165) is 0 Å². The van der Waals surface area contributed by atoms with Gasteiger partial charge in [-0.1, -0.05) is 18.2 Å². The number of benzene rings is 1. The SMILES string of the molecule is CO[C@@](C)(CNS(=O)(=O)c1c(C)nn(C)c1C)c1ccccc1F. The van der Waals surface area contributed by atoms with Crippen LogP contribution in [0.3, 0.4) is 0 Å². The Labute approximate surface area is 141 Å². The first-order valence-corrected chi connectivity index (χ1v) is 8.90. The maximum atomic E-state index is 14.1. The van der Waals surface area contributed by atoms with Crippen LogP contribution in [0.25, 0.3) is 0 Å². The number of hydrogen-bond acceptors (Lipinski definition) is 4. The lowest BCUT2D eigenvalue weighted by atomic mass is 9.95. The summed E-state index contributed by atoms with van der Waals surface area (Å²) in [4.78, 5) is 0.136. The molecule has 6 nitrogen and oxygen atoms in total. The van der Waals surface area contributed by atoms with E-state index >= 15 is 0 Å². The molecule has 0 spiro atoms. The maximum absolute atomic E-state index is 14.1. The highest BCUT2D eigenvalue weighted by atomic mass is 32.2. The van der Waals surface area contributed by atoms with Gasteiger partial charge in [0.1, 0.15) is 16.3 Å². The molecule has 24 heavy (non-hydrogen) atoms. The Hall–Kier alpha value is -1.77. The summed E-state index contributed by atoms with van der Waals surface area (Å²) >= 11 is 0. The Morgan fingerprint density at radius 1 is 1.33 bits per heavy atom. The molecule has 1 aromatic carbocycles. The van der Waals surface area contributed by atoms with Crippen molar-refractivity contribution >= 4 is 10.0 Å². The zero-order valence-corrected chi connectivity index (χ0v) is 15.2. The topological polar surface area (TPSA) is 73.2 Å². The fraction of sp³-hybridized carbons (Fsp3) is 0.438. The number of aryl methyl sites for hydroxylation is 2. The second-order valence-electron chi connectivity index (χ2n) is 5.86. The molecule has 0 bridgehead atoms. The summed E-state index contributed by atoms with van der Waals surface area (Å²) in [5.41, 5.74) is 0.0926. The van der Waals surface area contributed by atoms with E-state index in [1.807, 2.05) is 0 Å². The van der Waals surface area contributed by atoms with Crippen LogP contribution in [0.1, 0.15) is 23.9 Å². The van der Waals surface area contributed by atoms with Gasteiger partial charge in [0.15, 0.2) is 0 Å². The van der Waals surface area contributed by atoms with Crippen molar-refractivity contribution in [2.24, 2.45) is 7.05 Å². The first-order valence-electron chi connectivity index (χ1n) is 7.42. The molecule has 0 radical (unpaired) electrons. The molecule has 1 heterocycles. The summed E-state index contributed by atoms with van der Waals surface area (Å²) in [5.74, 6) is -0.449. The molecule has 0 unspecified atom stereocenters. The summed E-state index contributed by atoms with van der Waals surface area (Å²) in [6.45, 7) is 4.84. The highest BCUT2D eigenvalue weighted by Crippen LogP contribution is 2.27. The molecule has 0 aliphatic heterocycles. The van der Waals surface area contributed by atoms with Crippen molar-refractivity contribution in [1.82, 2.24) is 14.5 Å². The molecule has 0 saturated heterocycles. The van der Waals surface area contributed by atoms with Crippen LogP contribution >= 0.6 is 0 Å². The molecule has 2 aromatic rings. The molecule has 132 valence electrons. The summed E-state index contributed by atoms with van der Waals surface area (Å²) in [6, 6.07) is 6.14. The van der Waals surface area contributed by atoms with E-state index in [-0.39, 0.29) is 17.0 Å². The smallest absolute Gasteiger partial charge is 0.244 e. The first kappa shape index (κ1) is 18.6. The largest absolute Gasteiger partial charge is 0.372 e. The number of nitrogens with zero attached hydrogens (tertiary/aromatic N) is 2. The number of methoxy groups -OCH3 is 1. The lowest BCUT2D eigenvalue weighted by Gasteiger charge is -2.29. The molecule has 2 rings (SSSR count). The van der Waals surface area contributed by atoms with Crippen molar-refractivity contribution in [2.45, 2.75) is 31.3 Å². The number of rotatable bonds is 6. The van der Waals surface area contributed by atoms with Gasteiger partial charge >= 0.3 is 0 Å². The third kappa shape index (κ3) is 3.35. The van der Waals surface area contributed by atoms with E-state index in [2.05, 4.69) is 9.82 Å².